The molecule has 0 N–H and O–H groups in total. The molecule has 0 aromatic heterocycles. The Labute approximate surface area is 104 Å². The third-order valence-corrected chi connectivity index (χ3v) is 3.73. The number of carbonyl (C=O) groups is 1. The smallest absolute Gasteiger partial charge is 0.152 e. The summed E-state index contributed by atoms with van der Waals surface area (Å²) in [4.78, 5) is 13.6. The molecule has 0 spiro atoms. The van der Waals surface area contributed by atoms with Gasteiger partial charge in [-0.25, -0.2) is 0 Å². The van der Waals surface area contributed by atoms with Crippen LogP contribution in [0.2, 0.25) is 0 Å². The summed E-state index contributed by atoms with van der Waals surface area (Å²) < 4.78 is 0. The van der Waals surface area contributed by atoms with Crippen molar-refractivity contribution in [3.63, 3.8) is 0 Å². The number of benzene rings is 1. The quantitative estimate of drug-likeness (QED) is 0.738. The number of anilines is 1. The molecule has 0 saturated heterocycles. The second-order valence-electron chi connectivity index (χ2n) is 4.90. The van der Waals surface area contributed by atoms with Crippen LogP contribution in [0.5, 0.6) is 0 Å². The zero-order valence-corrected chi connectivity index (χ0v) is 10.8. The van der Waals surface area contributed by atoms with Gasteiger partial charge >= 0.3 is 0 Å². The first-order valence-electron chi connectivity index (χ1n) is 6.58. The first kappa shape index (κ1) is 12.2. The van der Waals surface area contributed by atoms with Crippen molar-refractivity contribution in [3.8, 4) is 0 Å². The third kappa shape index (κ3) is 2.51. The Hall–Kier alpha value is -1.31. The van der Waals surface area contributed by atoms with E-state index in [-0.39, 0.29) is 0 Å². The Bertz CT molecular complexity index is 394. The van der Waals surface area contributed by atoms with E-state index in [4.69, 9.17) is 0 Å². The fraction of sp³-hybridized carbons (Fsp3) is 0.533. The highest BCUT2D eigenvalue weighted by molar-refractivity contribution is 5.85. The monoisotopic (exact) mass is 231 g/mol. The summed E-state index contributed by atoms with van der Waals surface area (Å²) in [5.74, 6) is 0. The zero-order valence-electron chi connectivity index (χ0n) is 10.8. The lowest BCUT2D eigenvalue weighted by molar-refractivity contribution is 0.112. The number of aldehydes is 1. The zero-order chi connectivity index (χ0) is 12.3. The van der Waals surface area contributed by atoms with Gasteiger partial charge < -0.3 is 4.90 Å². The molecule has 2 heteroatoms. The molecule has 0 unspecified atom stereocenters. The van der Waals surface area contributed by atoms with Gasteiger partial charge in [-0.2, -0.15) is 0 Å². The van der Waals surface area contributed by atoms with Crippen molar-refractivity contribution in [2.24, 2.45) is 0 Å². The van der Waals surface area contributed by atoms with E-state index in [9.17, 15) is 4.79 Å². The highest BCUT2D eigenvalue weighted by Gasteiger charge is 2.23. The van der Waals surface area contributed by atoms with E-state index in [0.29, 0.717) is 6.04 Å². The van der Waals surface area contributed by atoms with E-state index >= 15 is 0 Å². The minimum absolute atomic E-state index is 0.626. The first-order valence-corrected chi connectivity index (χ1v) is 6.58. The maximum absolute atomic E-state index is 11.2. The lowest BCUT2D eigenvalue weighted by Gasteiger charge is -2.31. The number of hydrogen-bond acceptors (Lipinski definition) is 2. The maximum Gasteiger partial charge on any atom is 0.152 e. The molecule has 1 aromatic carbocycles. The summed E-state index contributed by atoms with van der Waals surface area (Å²) in [6.45, 7) is 5.18. The molecule has 0 radical (unpaired) electrons. The van der Waals surface area contributed by atoms with Crippen LogP contribution in [-0.4, -0.2) is 18.9 Å². The molecule has 2 nitrogen and oxygen atoms in total. The number of aryl methyl sites for hydroxylation is 1. The minimum Gasteiger partial charge on any atom is -0.368 e. The van der Waals surface area contributed by atoms with Gasteiger partial charge in [0.2, 0.25) is 0 Å². The summed E-state index contributed by atoms with van der Waals surface area (Å²) in [5, 5.41) is 0. The van der Waals surface area contributed by atoms with Crippen LogP contribution in [0.1, 0.15) is 48.5 Å². The van der Waals surface area contributed by atoms with E-state index in [1.165, 1.54) is 25.7 Å². The maximum atomic E-state index is 11.2. The highest BCUT2D eigenvalue weighted by atomic mass is 16.1. The van der Waals surface area contributed by atoms with Crippen LogP contribution >= 0.6 is 0 Å². The van der Waals surface area contributed by atoms with E-state index < -0.39 is 0 Å². The minimum atomic E-state index is 0.626. The second-order valence-corrected chi connectivity index (χ2v) is 4.90. The van der Waals surface area contributed by atoms with Crippen LogP contribution < -0.4 is 4.90 Å². The fourth-order valence-electron chi connectivity index (χ4n) is 2.87. The van der Waals surface area contributed by atoms with E-state index in [0.717, 1.165) is 29.6 Å². The molecule has 17 heavy (non-hydrogen) atoms. The van der Waals surface area contributed by atoms with Gasteiger partial charge in [-0.05, 0) is 38.8 Å². The Kier molecular flexibility index (Phi) is 3.82. The van der Waals surface area contributed by atoms with E-state index in [1.807, 2.05) is 13.0 Å². The molecule has 0 atom stereocenters. The van der Waals surface area contributed by atoms with E-state index in [2.05, 4.69) is 24.0 Å². The molecule has 1 saturated carbocycles. The van der Waals surface area contributed by atoms with Crippen LogP contribution in [0.4, 0.5) is 5.69 Å². The molecule has 1 aromatic rings. The molecular weight excluding hydrogens is 210 g/mol. The van der Waals surface area contributed by atoms with Gasteiger partial charge in [-0.3, -0.25) is 4.79 Å². The Morgan fingerprint density at radius 3 is 2.65 bits per heavy atom. The van der Waals surface area contributed by atoms with Gasteiger partial charge in [0.15, 0.2) is 6.29 Å². The van der Waals surface area contributed by atoms with Gasteiger partial charge in [0.05, 0.1) is 0 Å². The number of nitrogens with zero attached hydrogens (tertiary/aromatic N) is 1. The normalized spacial score (nSPS) is 16.1. The first-order chi connectivity index (χ1) is 8.26. The molecule has 1 aliphatic rings. The summed E-state index contributed by atoms with van der Waals surface area (Å²) in [6, 6.07) is 6.81. The Balaban J connectivity index is 2.32. The fourth-order valence-corrected chi connectivity index (χ4v) is 2.87. The Morgan fingerprint density at radius 1 is 1.35 bits per heavy atom. The predicted molar refractivity (Wildman–Crippen MR) is 71.8 cm³/mol. The SMILES string of the molecule is CCN(c1ccc(C)cc1C=O)C1CCCC1. The van der Waals surface area contributed by atoms with Crippen molar-refractivity contribution in [1.82, 2.24) is 0 Å². The third-order valence-electron chi connectivity index (χ3n) is 3.73. The van der Waals surface area contributed by atoms with Gasteiger partial charge in [0.25, 0.3) is 0 Å². The summed E-state index contributed by atoms with van der Waals surface area (Å²) in [6.07, 6.45) is 6.16. The molecule has 0 bridgehead atoms. The summed E-state index contributed by atoms with van der Waals surface area (Å²) >= 11 is 0. The highest BCUT2D eigenvalue weighted by Crippen LogP contribution is 2.30. The number of carbonyl (C=O) groups excluding carboxylic acids is 1. The topological polar surface area (TPSA) is 20.3 Å². The average Bonchev–Trinajstić information content (AvgIpc) is 2.85. The van der Waals surface area contributed by atoms with Crippen molar-refractivity contribution in [1.29, 1.82) is 0 Å². The average molecular weight is 231 g/mol. The predicted octanol–water partition coefficient (Wildman–Crippen LogP) is 3.58. The largest absolute Gasteiger partial charge is 0.368 e. The van der Waals surface area contributed by atoms with Crippen molar-refractivity contribution < 1.29 is 4.79 Å². The van der Waals surface area contributed by atoms with Crippen molar-refractivity contribution in [2.75, 3.05) is 11.4 Å². The lowest BCUT2D eigenvalue weighted by Crippen LogP contribution is -2.33. The van der Waals surface area contributed by atoms with Crippen molar-refractivity contribution >= 4 is 12.0 Å². The number of rotatable bonds is 4. The molecule has 92 valence electrons. The van der Waals surface area contributed by atoms with Gasteiger partial charge in [-0.1, -0.05) is 24.5 Å². The van der Waals surface area contributed by atoms with Crippen LogP contribution in [0.15, 0.2) is 18.2 Å². The van der Waals surface area contributed by atoms with Gasteiger partial charge in [0.1, 0.15) is 0 Å². The van der Waals surface area contributed by atoms with Crippen molar-refractivity contribution in [3.05, 3.63) is 29.3 Å². The van der Waals surface area contributed by atoms with Crippen LogP contribution in [0.25, 0.3) is 0 Å². The second kappa shape index (κ2) is 5.35. The molecule has 0 amide bonds. The van der Waals surface area contributed by atoms with E-state index in [1.54, 1.807) is 0 Å². The van der Waals surface area contributed by atoms with Crippen molar-refractivity contribution in [2.45, 2.75) is 45.6 Å². The molecule has 0 heterocycles. The van der Waals surface area contributed by atoms with Crippen LogP contribution in [-0.2, 0) is 0 Å². The summed E-state index contributed by atoms with van der Waals surface area (Å²) in [5.41, 5.74) is 3.09. The van der Waals surface area contributed by atoms with Gasteiger partial charge in [0, 0.05) is 23.8 Å². The molecular formula is C15H21NO. The molecule has 1 fully saturated rings. The van der Waals surface area contributed by atoms with Gasteiger partial charge in [-0.15, -0.1) is 0 Å². The lowest BCUT2D eigenvalue weighted by atomic mass is 10.1. The van der Waals surface area contributed by atoms with Crippen LogP contribution in [0, 0.1) is 6.92 Å². The number of hydrogen-bond donors (Lipinski definition) is 0. The van der Waals surface area contributed by atoms with Crippen LogP contribution in [0.3, 0.4) is 0 Å². The molecule has 1 aliphatic carbocycles. The standard InChI is InChI=1S/C15H21NO/c1-3-16(14-6-4-5-7-14)15-9-8-12(2)10-13(15)11-17/h8-11,14H,3-7H2,1-2H3. The molecule has 0 aliphatic heterocycles. The Morgan fingerprint density at radius 2 is 2.06 bits per heavy atom. The molecule has 2 rings (SSSR count). The summed E-state index contributed by atoms with van der Waals surface area (Å²) in [7, 11) is 0.